The smallest absolute Gasteiger partial charge is 0.227 e. The molecule has 1 N–H and O–H groups in total. The number of rotatable bonds is 6. The van der Waals surface area contributed by atoms with Crippen molar-refractivity contribution in [1.82, 2.24) is 20.4 Å². The Morgan fingerprint density at radius 2 is 2.04 bits per heavy atom. The number of nitrogens with one attached hydrogen (secondary N) is 1. The third kappa shape index (κ3) is 4.46. The quantitative estimate of drug-likeness (QED) is 0.711. The average Bonchev–Trinajstić information content (AvgIpc) is 3.24. The van der Waals surface area contributed by atoms with E-state index in [9.17, 15) is 4.79 Å². The van der Waals surface area contributed by atoms with Crippen molar-refractivity contribution in [3.05, 3.63) is 41.0 Å². The number of nitrogens with zero attached hydrogens (tertiary/aromatic N) is 3. The molecule has 1 atom stereocenters. The van der Waals surface area contributed by atoms with Crippen LogP contribution in [0.5, 0.6) is 0 Å². The molecule has 6 nitrogen and oxygen atoms in total. The Morgan fingerprint density at radius 3 is 2.73 bits per heavy atom. The van der Waals surface area contributed by atoms with E-state index in [1.165, 1.54) is 4.70 Å². The van der Waals surface area contributed by atoms with Crippen LogP contribution in [-0.4, -0.2) is 27.6 Å². The number of para-hydroxylation sites is 1. The van der Waals surface area contributed by atoms with Gasteiger partial charge in [-0.1, -0.05) is 45.0 Å². The van der Waals surface area contributed by atoms with Crippen LogP contribution in [0.4, 0.5) is 0 Å². The number of aromatic nitrogens is 3. The second-order valence-electron chi connectivity index (χ2n) is 7.49. The van der Waals surface area contributed by atoms with Gasteiger partial charge in [-0.15, -0.1) is 11.3 Å². The highest BCUT2D eigenvalue weighted by Gasteiger charge is 2.21. The maximum atomic E-state index is 12.1. The summed E-state index contributed by atoms with van der Waals surface area (Å²) in [5.74, 6) is 1.32. The van der Waals surface area contributed by atoms with Crippen LogP contribution in [0.1, 0.15) is 56.8 Å². The lowest BCUT2D eigenvalue weighted by Gasteiger charge is -2.11. The number of carbonyl (C=O) groups excluding carboxylic acids is 1. The predicted octanol–water partition coefficient (Wildman–Crippen LogP) is 3.83. The van der Waals surface area contributed by atoms with E-state index in [-0.39, 0.29) is 17.2 Å². The maximum Gasteiger partial charge on any atom is 0.227 e. The van der Waals surface area contributed by atoms with Crippen LogP contribution < -0.4 is 5.32 Å². The van der Waals surface area contributed by atoms with E-state index in [0.29, 0.717) is 31.1 Å². The highest BCUT2D eigenvalue weighted by Crippen LogP contribution is 2.26. The molecule has 0 radical (unpaired) electrons. The Bertz CT molecular complexity index is 861. The summed E-state index contributed by atoms with van der Waals surface area (Å²) in [6.45, 7) is 8.72. The summed E-state index contributed by atoms with van der Waals surface area (Å²) in [5, 5.41) is 7.99. The molecular weight excluding hydrogens is 348 g/mol. The summed E-state index contributed by atoms with van der Waals surface area (Å²) >= 11 is 1.68. The van der Waals surface area contributed by atoms with Gasteiger partial charge in [0.05, 0.1) is 15.2 Å². The summed E-state index contributed by atoms with van der Waals surface area (Å²) in [5.41, 5.74) is 0.855. The number of fused-ring (bicyclic) bond motifs is 1. The van der Waals surface area contributed by atoms with Crippen molar-refractivity contribution in [2.75, 3.05) is 6.54 Å². The third-order valence-electron chi connectivity index (χ3n) is 4.04. The van der Waals surface area contributed by atoms with E-state index < -0.39 is 0 Å². The fraction of sp³-hybridized carbons (Fsp3) is 0.474. The van der Waals surface area contributed by atoms with E-state index in [0.717, 1.165) is 10.5 Å². The molecule has 0 aliphatic heterocycles. The normalized spacial score (nSPS) is 13.1. The van der Waals surface area contributed by atoms with Gasteiger partial charge < -0.3 is 9.84 Å². The molecule has 2 aromatic heterocycles. The Hall–Kier alpha value is -2.28. The van der Waals surface area contributed by atoms with Crippen molar-refractivity contribution in [1.29, 1.82) is 0 Å². The summed E-state index contributed by atoms with van der Waals surface area (Å²) in [6.07, 6.45) is 0.781. The van der Waals surface area contributed by atoms with Gasteiger partial charge in [-0.3, -0.25) is 4.79 Å². The number of aryl methyl sites for hydroxylation is 1. The first-order valence-electron chi connectivity index (χ1n) is 8.78. The minimum Gasteiger partial charge on any atom is -0.355 e. The fourth-order valence-corrected chi connectivity index (χ4v) is 3.44. The molecule has 1 aromatic carbocycles. The summed E-state index contributed by atoms with van der Waals surface area (Å²) < 4.78 is 6.39. The monoisotopic (exact) mass is 372 g/mol. The van der Waals surface area contributed by atoms with E-state index >= 15 is 0 Å². The number of benzene rings is 1. The Balaban J connectivity index is 1.48. The average molecular weight is 372 g/mol. The van der Waals surface area contributed by atoms with Gasteiger partial charge in [0.25, 0.3) is 0 Å². The second kappa shape index (κ2) is 7.53. The molecule has 0 spiro atoms. The number of carbonyl (C=O) groups is 1. The molecule has 3 aromatic rings. The van der Waals surface area contributed by atoms with Crippen LogP contribution >= 0.6 is 11.3 Å². The van der Waals surface area contributed by atoms with Crippen LogP contribution in [0.25, 0.3) is 10.2 Å². The molecule has 1 amide bonds. The summed E-state index contributed by atoms with van der Waals surface area (Å²) in [6, 6.07) is 8.08. The SMILES string of the molecule is CC(CNC(=O)CCc1nc(C(C)(C)C)no1)c1nc2ccccc2s1. The largest absolute Gasteiger partial charge is 0.355 e. The molecule has 0 saturated carbocycles. The van der Waals surface area contributed by atoms with Crippen LogP contribution in [-0.2, 0) is 16.6 Å². The van der Waals surface area contributed by atoms with Gasteiger partial charge in [0.1, 0.15) is 0 Å². The lowest BCUT2D eigenvalue weighted by atomic mass is 9.96. The number of hydrogen-bond donors (Lipinski definition) is 1. The zero-order valence-electron chi connectivity index (χ0n) is 15.6. The number of thiazole rings is 1. The molecule has 0 saturated heterocycles. The van der Waals surface area contributed by atoms with Gasteiger partial charge >= 0.3 is 0 Å². The van der Waals surface area contributed by atoms with Crippen molar-refractivity contribution in [2.24, 2.45) is 0 Å². The third-order valence-corrected chi connectivity index (χ3v) is 5.31. The summed E-state index contributed by atoms with van der Waals surface area (Å²) in [4.78, 5) is 21.1. The molecule has 0 fully saturated rings. The van der Waals surface area contributed by atoms with Gasteiger partial charge in [0, 0.05) is 30.7 Å². The lowest BCUT2D eigenvalue weighted by Crippen LogP contribution is -2.27. The van der Waals surface area contributed by atoms with Crippen LogP contribution in [0, 0.1) is 0 Å². The van der Waals surface area contributed by atoms with Crippen molar-refractivity contribution >= 4 is 27.5 Å². The van der Waals surface area contributed by atoms with Gasteiger partial charge in [0.2, 0.25) is 11.8 Å². The maximum absolute atomic E-state index is 12.1. The molecule has 26 heavy (non-hydrogen) atoms. The zero-order valence-corrected chi connectivity index (χ0v) is 16.4. The summed E-state index contributed by atoms with van der Waals surface area (Å²) in [7, 11) is 0. The molecule has 3 rings (SSSR count). The molecule has 7 heteroatoms. The van der Waals surface area contributed by atoms with Crippen LogP contribution in [0.15, 0.2) is 28.8 Å². The first kappa shape index (κ1) is 18.5. The minimum absolute atomic E-state index is 0.0199. The van der Waals surface area contributed by atoms with Crippen LogP contribution in [0.3, 0.4) is 0 Å². The van der Waals surface area contributed by atoms with Gasteiger partial charge in [-0.05, 0) is 12.1 Å². The zero-order chi connectivity index (χ0) is 18.7. The molecule has 0 aliphatic carbocycles. The number of amides is 1. The van der Waals surface area contributed by atoms with E-state index in [4.69, 9.17) is 4.52 Å². The lowest BCUT2D eigenvalue weighted by molar-refractivity contribution is -0.121. The van der Waals surface area contributed by atoms with E-state index in [2.05, 4.69) is 33.4 Å². The molecule has 138 valence electrons. The molecule has 0 aliphatic rings. The molecule has 0 bridgehead atoms. The van der Waals surface area contributed by atoms with Gasteiger partial charge in [0.15, 0.2) is 5.82 Å². The second-order valence-corrected chi connectivity index (χ2v) is 8.55. The molecule has 1 unspecified atom stereocenters. The van der Waals surface area contributed by atoms with Crippen molar-refractivity contribution < 1.29 is 9.32 Å². The highest BCUT2D eigenvalue weighted by molar-refractivity contribution is 7.18. The van der Waals surface area contributed by atoms with Gasteiger partial charge in [-0.25, -0.2) is 4.98 Å². The fourth-order valence-electron chi connectivity index (χ4n) is 2.42. The van der Waals surface area contributed by atoms with E-state index in [1.807, 2.05) is 39.0 Å². The topological polar surface area (TPSA) is 80.9 Å². The van der Waals surface area contributed by atoms with Gasteiger partial charge in [-0.2, -0.15) is 4.98 Å². The Labute approximate surface area is 157 Å². The molecular formula is C19H24N4O2S. The molecule has 2 heterocycles. The first-order chi connectivity index (χ1) is 12.3. The number of hydrogen-bond acceptors (Lipinski definition) is 6. The Kier molecular flexibility index (Phi) is 5.36. The highest BCUT2D eigenvalue weighted by atomic mass is 32.1. The van der Waals surface area contributed by atoms with Crippen LogP contribution in [0.2, 0.25) is 0 Å². The Morgan fingerprint density at radius 1 is 1.27 bits per heavy atom. The van der Waals surface area contributed by atoms with Crippen molar-refractivity contribution in [2.45, 2.75) is 51.9 Å². The van der Waals surface area contributed by atoms with Crippen molar-refractivity contribution in [3.8, 4) is 0 Å². The standard InChI is InChI=1S/C19H24N4O2S/c1-12(17-21-13-7-5-6-8-14(13)26-17)11-20-15(24)9-10-16-22-18(23-25-16)19(2,3)4/h5-8,12H,9-11H2,1-4H3,(H,20,24). The van der Waals surface area contributed by atoms with E-state index in [1.54, 1.807) is 11.3 Å². The minimum atomic E-state index is -0.156. The first-order valence-corrected chi connectivity index (χ1v) is 9.60. The van der Waals surface area contributed by atoms with Crippen molar-refractivity contribution in [3.63, 3.8) is 0 Å². The predicted molar refractivity (Wildman–Crippen MR) is 102 cm³/mol.